The quantitative estimate of drug-likeness (QED) is 0.927. The molecule has 0 aliphatic heterocycles. The number of hydrogen-bond acceptors (Lipinski definition) is 3. The van der Waals surface area contributed by atoms with Gasteiger partial charge < -0.3 is 10.1 Å². The molecule has 106 valence electrons. The molecule has 1 N–H and O–H groups in total. The predicted molar refractivity (Wildman–Crippen MR) is 63.7 cm³/mol. The van der Waals surface area contributed by atoms with Crippen molar-refractivity contribution in [2.24, 2.45) is 5.41 Å². The molecule has 0 saturated heterocycles. The molecule has 1 aliphatic rings. The first-order valence-corrected chi connectivity index (χ1v) is 5.93. The van der Waals surface area contributed by atoms with Crippen LogP contribution in [0.15, 0.2) is 24.3 Å². The second-order valence-corrected chi connectivity index (χ2v) is 4.57. The fraction of sp³-hybridized carbons (Fsp3) is 0.385. The summed E-state index contributed by atoms with van der Waals surface area (Å²) in [6.07, 6.45) is -2.92. The number of ether oxygens (including phenoxy) is 1. The van der Waals surface area contributed by atoms with Gasteiger partial charge in [-0.3, -0.25) is 4.79 Å². The van der Waals surface area contributed by atoms with Crippen molar-refractivity contribution in [2.75, 3.05) is 5.32 Å². The molecule has 0 atom stereocenters. The van der Waals surface area contributed by atoms with E-state index in [2.05, 4.69) is 10.1 Å². The molecule has 1 aromatic rings. The van der Waals surface area contributed by atoms with Gasteiger partial charge in [0.2, 0.25) is 5.91 Å². The van der Waals surface area contributed by atoms with Crippen LogP contribution in [0.1, 0.15) is 19.3 Å². The van der Waals surface area contributed by atoms with Crippen LogP contribution in [0.5, 0.6) is 5.75 Å². The van der Waals surface area contributed by atoms with E-state index in [0.717, 1.165) is 18.6 Å². The summed E-state index contributed by atoms with van der Waals surface area (Å²) >= 11 is 0. The molecule has 0 unspecified atom stereocenters. The van der Waals surface area contributed by atoms with Gasteiger partial charge in [-0.15, -0.1) is 13.2 Å². The summed E-state index contributed by atoms with van der Waals surface area (Å²) in [5.41, 5.74) is -0.674. The molecule has 0 spiro atoms. The van der Waals surface area contributed by atoms with Crippen LogP contribution in [-0.4, -0.2) is 12.3 Å². The second kappa shape index (κ2) is 5.04. The van der Waals surface area contributed by atoms with Gasteiger partial charge in [0.15, 0.2) is 0 Å². The van der Waals surface area contributed by atoms with Crippen molar-refractivity contribution < 1.29 is 22.7 Å². The van der Waals surface area contributed by atoms with E-state index in [1.807, 2.05) is 6.07 Å². The summed E-state index contributed by atoms with van der Waals surface area (Å²) in [7, 11) is 0. The Labute approximate surface area is 113 Å². The highest BCUT2D eigenvalue weighted by Gasteiger charge is 2.44. The number of nitriles is 1. The summed E-state index contributed by atoms with van der Waals surface area (Å²) in [4.78, 5) is 11.9. The zero-order valence-electron chi connectivity index (χ0n) is 10.3. The maximum atomic E-state index is 12.0. The van der Waals surface area contributed by atoms with Crippen LogP contribution in [0.25, 0.3) is 0 Å². The maximum absolute atomic E-state index is 12.0. The Kier molecular flexibility index (Phi) is 3.57. The lowest BCUT2D eigenvalue weighted by atomic mass is 9.69. The van der Waals surface area contributed by atoms with Crippen molar-refractivity contribution in [3.63, 3.8) is 0 Å². The smallest absolute Gasteiger partial charge is 0.406 e. The molecular weight excluding hydrogens is 273 g/mol. The topological polar surface area (TPSA) is 62.1 Å². The van der Waals surface area contributed by atoms with Gasteiger partial charge in [-0.1, -0.05) is 0 Å². The van der Waals surface area contributed by atoms with E-state index in [0.29, 0.717) is 18.5 Å². The molecule has 1 aromatic carbocycles. The van der Waals surface area contributed by atoms with E-state index in [4.69, 9.17) is 5.26 Å². The van der Waals surface area contributed by atoms with Gasteiger partial charge in [-0.25, -0.2) is 0 Å². The molecular formula is C13H11F3N2O2. The minimum atomic E-state index is -4.75. The molecule has 0 bridgehead atoms. The molecule has 0 aromatic heterocycles. The van der Waals surface area contributed by atoms with Gasteiger partial charge in [0, 0.05) is 5.69 Å². The number of anilines is 1. The minimum Gasteiger partial charge on any atom is -0.406 e. The minimum absolute atomic E-state index is 0.325. The summed E-state index contributed by atoms with van der Waals surface area (Å²) in [5.74, 6) is -0.787. The Morgan fingerprint density at radius 2 is 1.90 bits per heavy atom. The molecule has 4 nitrogen and oxygen atoms in total. The van der Waals surface area contributed by atoms with E-state index in [9.17, 15) is 18.0 Å². The summed E-state index contributed by atoms with van der Waals surface area (Å²) in [6.45, 7) is 0. The zero-order chi connectivity index (χ0) is 14.8. The number of carbonyl (C=O) groups is 1. The number of amides is 1. The number of hydrogen-bond donors (Lipinski definition) is 1. The number of benzene rings is 1. The van der Waals surface area contributed by atoms with Crippen molar-refractivity contribution in [3.05, 3.63) is 24.3 Å². The van der Waals surface area contributed by atoms with Crippen molar-refractivity contribution >= 4 is 11.6 Å². The molecule has 7 heteroatoms. The average molecular weight is 284 g/mol. The predicted octanol–water partition coefficient (Wildman–Crippen LogP) is 3.22. The van der Waals surface area contributed by atoms with Crippen LogP contribution in [-0.2, 0) is 4.79 Å². The van der Waals surface area contributed by atoms with Gasteiger partial charge >= 0.3 is 6.36 Å². The lowest BCUT2D eigenvalue weighted by molar-refractivity contribution is -0.274. The van der Waals surface area contributed by atoms with Gasteiger partial charge in [-0.05, 0) is 43.5 Å². The van der Waals surface area contributed by atoms with E-state index in [1.54, 1.807) is 0 Å². The van der Waals surface area contributed by atoms with Crippen molar-refractivity contribution in [1.82, 2.24) is 0 Å². The Morgan fingerprint density at radius 3 is 2.30 bits per heavy atom. The van der Waals surface area contributed by atoms with Crippen molar-refractivity contribution in [1.29, 1.82) is 5.26 Å². The van der Waals surface area contributed by atoms with Gasteiger partial charge in [0.25, 0.3) is 0 Å². The van der Waals surface area contributed by atoms with Crippen LogP contribution in [0.4, 0.5) is 18.9 Å². The second-order valence-electron chi connectivity index (χ2n) is 4.57. The van der Waals surface area contributed by atoms with Gasteiger partial charge in [0.1, 0.15) is 11.2 Å². The van der Waals surface area contributed by atoms with Crippen LogP contribution in [0.2, 0.25) is 0 Å². The number of alkyl halides is 3. The molecule has 0 heterocycles. The highest BCUT2D eigenvalue weighted by Crippen LogP contribution is 2.41. The SMILES string of the molecule is N#CC1(C(=O)Nc2ccc(OC(F)(F)F)cc2)CCC1. The third-order valence-corrected chi connectivity index (χ3v) is 3.20. The molecule has 2 rings (SSSR count). The number of rotatable bonds is 3. The van der Waals surface area contributed by atoms with Crippen LogP contribution < -0.4 is 10.1 Å². The van der Waals surface area contributed by atoms with Gasteiger partial charge in [-0.2, -0.15) is 5.26 Å². The first kappa shape index (κ1) is 14.2. The lowest BCUT2D eigenvalue weighted by Gasteiger charge is -2.33. The van der Waals surface area contributed by atoms with Gasteiger partial charge in [0.05, 0.1) is 6.07 Å². The summed E-state index contributed by atoms with van der Waals surface area (Å²) < 4.78 is 39.7. The number of halogens is 3. The molecule has 1 aliphatic carbocycles. The molecule has 1 amide bonds. The highest BCUT2D eigenvalue weighted by molar-refractivity contribution is 5.97. The molecule has 20 heavy (non-hydrogen) atoms. The third kappa shape index (κ3) is 3.02. The number of nitrogens with zero attached hydrogens (tertiary/aromatic N) is 1. The average Bonchev–Trinajstić information content (AvgIpc) is 2.29. The lowest BCUT2D eigenvalue weighted by Crippen LogP contribution is -2.40. The number of nitrogens with one attached hydrogen (secondary N) is 1. The van der Waals surface area contributed by atoms with Crippen molar-refractivity contribution in [2.45, 2.75) is 25.6 Å². The third-order valence-electron chi connectivity index (χ3n) is 3.20. The standard InChI is InChI=1S/C13H11F3N2O2/c14-13(15,16)20-10-4-2-9(3-5-10)18-11(19)12(8-17)6-1-7-12/h2-5H,1,6-7H2,(H,18,19). The zero-order valence-corrected chi connectivity index (χ0v) is 10.3. The maximum Gasteiger partial charge on any atom is 0.573 e. The van der Waals surface area contributed by atoms with Crippen LogP contribution >= 0.6 is 0 Å². The first-order valence-electron chi connectivity index (χ1n) is 5.93. The highest BCUT2D eigenvalue weighted by atomic mass is 19.4. The molecule has 1 fully saturated rings. The molecule has 0 radical (unpaired) electrons. The van der Waals surface area contributed by atoms with E-state index >= 15 is 0 Å². The monoisotopic (exact) mass is 284 g/mol. The Balaban J connectivity index is 2.01. The largest absolute Gasteiger partial charge is 0.573 e. The Morgan fingerprint density at radius 1 is 1.30 bits per heavy atom. The van der Waals surface area contributed by atoms with E-state index < -0.39 is 17.7 Å². The Hall–Kier alpha value is -2.23. The number of carbonyl (C=O) groups excluding carboxylic acids is 1. The fourth-order valence-corrected chi connectivity index (χ4v) is 1.91. The van der Waals surface area contributed by atoms with Crippen molar-refractivity contribution in [3.8, 4) is 11.8 Å². The summed E-state index contributed by atoms with van der Waals surface area (Å²) in [5, 5.41) is 11.5. The Bertz CT molecular complexity index is 542. The van der Waals surface area contributed by atoms with Crippen LogP contribution in [0, 0.1) is 16.7 Å². The van der Waals surface area contributed by atoms with Crippen LogP contribution in [0.3, 0.4) is 0 Å². The first-order chi connectivity index (χ1) is 9.35. The van der Waals surface area contributed by atoms with E-state index in [-0.39, 0.29) is 5.75 Å². The van der Waals surface area contributed by atoms with E-state index in [1.165, 1.54) is 12.1 Å². The fourth-order valence-electron chi connectivity index (χ4n) is 1.91. The normalized spacial score (nSPS) is 16.7. The molecule has 1 saturated carbocycles. The summed E-state index contributed by atoms with van der Waals surface area (Å²) in [6, 6.07) is 6.78.